The predicted molar refractivity (Wildman–Crippen MR) is 111 cm³/mol. The summed E-state index contributed by atoms with van der Waals surface area (Å²) in [7, 11) is 0. The van der Waals surface area contributed by atoms with Crippen LogP contribution in [0.2, 0.25) is 0 Å². The van der Waals surface area contributed by atoms with Crippen LogP contribution in [0.1, 0.15) is 22.5 Å². The lowest BCUT2D eigenvalue weighted by Crippen LogP contribution is -2.32. The Bertz CT molecular complexity index is 1100. The second kappa shape index (κ2) is 8.52. The zero-order valence-electron chi connectivity index (χ0n) is 16.4. The summed E-state index contributed by atoms with van der Waals surface area (Å²) in [4.78, 5) is 23.8. The lowest BCUT2D eigenvalue weighted by atomic mass is 10.2. The Balaban J connectivity index is 1.69. The zero-order valence-corrected chi connectivity index (χ0v) is 16.4. The molecule has 148 valence electrons. The fourth-order valence-corrected chi connectivity index (χ4v) is 3.04. The maximum atomic E-state index is 13.6. The van der Waals surface area contributed by atoms with Gasteiger partial charge in [0, 0.05) is 22.6 Å². The second-order valence-electron chi connectivity index (χ2n) is 6.63. The van der Waals surface area contributed by atoms with Crippen LogP contribution in [0.25, 0.3) is 5.69 Å². The maximum absolute atomic E-state index is 13.6. The first-order valence-electron chi connectivity index (χ1n) is 9.01. The van der Waals surface area contributed by atoms with Crippen molar-refractivity contribution in [1.29, 1.82) is 0 Å². The van der Waals surface area contributed by atoms with Gasteiger partial charge in [0.1, 0.15) is 5.82 Å². The molecule has 2 N–H and O–H groups in total. The van der Waals surface area contributed by atoms with Crippen LogP contribution < -0.4 is 10.7 Å². The molecule has 3 rings (SSSR count). The number of aromatic nitrogens is 1. The van der Waals surface area contributed by atoms with E-state index in [2.05, 4.69) is 26.5 Å². The topological polar surface area (TPSA) is 75.5 Å². The molecular formula is C22H21FN4O2. The summed E-state index contributed by atoms with van der Waals surface area (Å²) in [6.45, 7) is 5.96. The molecule has 0 radical (unpaired) electrons. The standard InChI is InChI=1S/C22H21FN4O2/c1-14-7-6-8-18(11-14)27-15(2)12-17(16(27)3)13-24-26-22(29)21(28)25-20-10-5-4-9-19(20)23/h4-13H,1-3H3,(H,25,28)(H,26,29)/b24-13-. The second-order valence-corrected chi connectivity index (χ2v) is 6.63. The van der Waals surface area contributed by atoms with Crippen LogP contribution in [0, 0.1) is 26.6 Å². The summed E-state index contributed by atoms with van der Waals surface area (Å²) in [6.07, 6.45) is 1.48. The van der Waals surface area contributed by atoms with Crippen molar-refractivity contribution in [2.75, 3.05) is 5.32 Å². The van der Waals surface area contributed by atoms with Crippen molar-refractivity contribution in [2.45, 2.75) is 20.8 Å². The summed E-state index contributed by atoms with van der Waals surface area (Å²) in [5.74, 6) is -2.62. The molecule has 0 atom stereocenters. The van der Waals surface area contributed by atoms with E-state index in [1.54, 1.807) is 6.07 Å². The number of halogens is 1. The molecule has 0 saturated heterocycles. The van der Waals surface area contributed by atoms with Crippen LogP contribution in [0.5, 0.6) is 0 Å². The minimum Gasteiger partial charge on any atom is -0.318 e. The fraction of sp³-hybridized carbons (Fsp3) is 0.136. The van der Waals surface area contributed by atoms with Gasteiger partial charge in [-0.1, -0.05) is 24.3 Å². The number of amides is 2. The first-order valence-corrected chi connectivity index (χ1v) is 9.01. The molecule has 2 aromatic carbocycles. The van der Waals surface area contributed by atoms with Crippen LogP contribution in [0.3, 0.4) is 0 Å². The summed E-state index contributed by atoms with van der Waals surface area (Å²) >= 11 is 0. The minimum absolute atomic E-state index is 0.0710. The molecule has 0 unspecified atom stereocenters. The summed E-state index contributed by atoms with van der Waals surface area (Å²) < 4.78 is 15.6. The molecule has 2 amide bonds. The Morgan fingerprint density at radius 1 is 1.00 bits per heavy atom. The van der Waals surface area contributed by atoms with Gasteiger partial charge in [-0.15, -0.1) is 0 Å². The molecule has 0 spiro atoms. The minimum atomic E-state index is -1.00. The zero-order chi connectivity index (χ0) is 21.0. The number of carbonyl (C=O) groups is 2. The van der Waals surface area contributed by atoms with Crippen LogP contribution in [0.15, 0.2) is 59.7 Å². The number of carbonyl (C=O) groups excluding carboxylic acids is 2. The lowest BCUT2D eigenvalue weighted by Gasteiger charge is -2.10. The summed E-state index contributed by atoms with van der Waals surface area (Å²) in [5.41, 5.74) is 7.04. The number of anilines is 1. The number of rotatable bonds is 4. The van der Waals surface area contributed by atoms with E-state index in [-0.39, 0.29) is 5.69 Å². The van der Waals surface area contributed by atoms with Gasteiger partial charge in [0.05, 0.1) is 11.9 Å². The highest BCUT2D eigenvalue weighted by Gasteiger charge is 2.15. The number of hydrogen-bond acceptors (Lipinski definition) is 3. The van der Waals surface area contributed by atoms with Gasteiger partial charge in [-0.25, -0.2) is 9.82 Å². The third-order valence-corrected chi connectivity index (χ3v) is 4.43. The van der Waals surface area contributed by atoms with Gasteiger partial charge in [0.2, 0.25) is 0 Å². The van der Waals surface area contributed by atoms with Gasteiger partial charge >= 0.3 is 11.8 Å². The molecule has 3 aromatic rings. The van der Waals surface area contributed by atoms with E-state index in [0.717, 1.165) is 28.2 Å². The normalized spacial score (nSPS) is 10.9. The van der Waals surface area contributed by atoms with E-state index in [4.69, 9.17) is 0 Å². The molecule has 1 heterocycles. The number of aryl methyl sites for hydroxylation is 2. The quantitative estimate of drug-likeness (QED) is 0.404. The van der Waals surface area contributed by atoms with Crippen LogP contribution >= 0.6 is 0 Å². The van der Waals surface area contributed by atoms with E-state index in [0.29, 0.717) is 0 Å². The molecule has 0 aliphatic carbocycles. The third kappa shape index (κ3) is 4.57. The Labute approximate surface area is 168 Å². The van der Waals surface area contributed by atoms with Crippen molar-refractivity contribution in [1.82, 2.24) is 9.99 Å². The maximum Gasteiger partial charge on any atom is 0.329 e. The Morgan fingerprint density at radius 2 is 1.76 bits per heavy atom. The molecule has 0 aliphatic heterocycles. The number of nitrogens with one attached hydrogen (secondary N) is 2. The Kier molecular flexibility index (Phi) is 5.87. The van der Waals surface area contributed by atoms with Crippen molar-refractivity contribution in [3.8, 4) is 5.69 Å². The highest BCUT2D eigenvalue weighted by molar-refractivity contribution is 6.39. The van der Waals surface area contributed by atoms with Crippen molar-refractivity contribution < 1.29 is 14.0 Å². The highest BCUT2D eigenvalue weighted by Crippen LogP contribution is 2.20. The molecule has 0 saturated carbocycles. The van der Waals surface area contributed by atoms with Gasteiger partial charge in [-0.05, 0) is 56.7 Å². The van der Waals surface area contributed by atoms with Gasteiger partial charge in [0.25, 0.3) is 0 Å². The average molecular weight is 392 g/mol. The Hall–Kier alpha value is -3.74. The van der Waals surface area contributed by atoms with E-state index >= 15 is 0 Å². The van der Waals surface area contributed by atoms with Crippen molar-refractivity contribution in [3.05, 3.63) is 82.9 Å². The summed E-state index contributed by atoms with van der Waals surface area (Å²) in [6, 6.07) is 15.7. The smallest absolute Gasteiger partial charge is 0.318 e. The number of para-hydroxylation sites is 1. The van der Waals surface area contributed by atoms with Crippen LogP contribution in [-0.2, 0) is 9.59 Å². The molecule has 29 heavy (non-hydrogen) atoms. The van der Waals surface area contributed by atoms with Gasteiger partial charge < -0.3 is 9.88 Å². The lowest BCUT2D eigenvalue weighted by molar-refractivity contribution is -0.136. The van der Waals surface area contributed by atoms with E-state index in [1.165, 1.54) is 24.4 Å². The average Bonchev–Trinajstić information content (AvgIpc) is 2.97. The highest BCUT2D eigenvalue weighted by atomic mass is 19.1. The van der Waals surface area contributed by atoms with Gasteiger partial charge in [0.15, 0.2) is 0 Å². The predicted octanol–water partition coefficient (Wildman–Crippen LogP) is 3.63. The monoisotopic (exact) mass is 392 g/mol. The van der Waals surface area contributed by atoms with Crippen molar-refractivity contribution in [3.63, 3.8) is 0 Å². The molecule has 1 aromatic heterocycles. The molecule has 7 heteroatoms. The SMILES string of the molecule is Cc1cccc(-n2c(C)cc(/C=N\NC(=O)C(=O)Nc3ccccc3F)c2C)c1. The van der Waals surface area contributed by atoms with Crippen LogP contribution in [0.4, 0.5) is 10.1 Å². The first-order chi connectivity index (χ1) is 13.9. The number of nitrogens with zero attached hydrogens (tertiary/aromatic N) is 2. The molecule has 0 bridgehead atoms. The Morgan fingerprint density at radius 3 is 2.48 bits per heavy atom. The largest absolute Gasteiger partial charge is 0.329 e. The van der Waals surface area contributed by atoms with Crippen molar-refractivity contribution >= 4 is 23.7 Å². The fourth-order valence-electron chi connectivity index (χ4n) is 3.04. The third-order valence-electron chi connectivity index (χ3n) is 4.43. The number of benzene rings is 2. The van der Waals surface area contributed by atoms with E-state index < -0.39 is 17.6 Å². The molecule has 0 fully saturated rings. The summed E-state index contributed by atoms with van der Waals surface area (Å²) in [5, 5.41) is 6.07. The van der Waals surface area contributed by atoms with Crippen molar-refractivity contribution in [2.24, 2.45) is 5.10 Å². The first kappa shape index (κ1) is 20.0. The molecular weight excluding hydrogens is 371 g/mol. The number of hydrogen-bond donors (Lipinski definition) is 2. The molecule has 0 aliphatic rings. The van der Waals surface area contributed by atoms with Gasteiger partial charge in [-0.2, -0.15) is 5.10 Å². The molecule has 6 nitrogen and oxygen atoms in total. The van der Waals surface area contributed by atoms with E-state index in [9.17, 15) is 14.0 Å². The van der Waals surface area contributed by atoms with Gasteiger partial charge in [-0.3, -0.25) is 9.59 Å². The number of hydrazone groups is 1. The van der Waals surface area contributed by atoms with E-state index in [1.807, 2.05) is 45.0 Å². The van der Waals surface area contributed by atoms with Crippen LogP contribution in [-0.4, -0.2) is 22.6 Å².